The Labute approximate surface area is 318 Å². The minimum absolute atomic E-state index is 0.0660. The predicted octanol–water partition coefficient (Wildman–Crippen LogP) is 0.556. The third kappa shape index (κ3) is 11.8. The lowest BCUT2D eigenvalue weighted by Crippen LogP contribution is -2.58. The van der Waals surface area contributed by atoms with E-state index in [4.69, 9.17) is 14.6 Å². The zero-order valence-electron chi connectivity index (χ0n) is 33.2. The van der Waals surface area contributed by atoms with Gasteiger partial charge < -0.3 is 39.9 Å². The number of amides is 7. The summed E-state index contributed by atoms with van der Waals surface area (Å²) in [4.78, 5) is 106. The molecule has 2 aliphatic rings. The predicted molar refractivity (Wildman–Crippen MR) is 196 cm³/mol. The van der Waals surface area contributed by atoms with Crippen LogP contribution in [-0.2, 0) is 47.8 Å². The molecule has 17 nitrogen and oxygen atoms in total. The SMILES string of the molecule is CCC(C)C(C(CC(=O)N1CCCC1C(OC)C(C)C(=O)NCC(=O)O)OC)N(C)C(=O)CNC(=O)C(C)(C)N(C)C(=O)CCCCN1C(=O)C=CC1=O. The van der Waals surface area contributed by atoms with E-state index >= 15 is 0 Å². The van der Waals surface area contributed by atoms with Crippen LogP contribution in [-0.4, -0.2) is 156 Å². The van der Waals surface area contributed by atoms with Crippen LogP contribution in [0.25, 0.3) is 0 Å². The molecule has 0 bridgehead atoms. The van der Waals surface area contributed by atoms with Crippen LogP contribution in [0.4, 0.5) is 0 Å². The third-order valence-electron chi connectivity index (χ3n) is 10.8. The Kier molecular flexibility index (Phi) is 17.7. The number of unbranched alkanes of at least 4 members (excludes halogenated alkanes) is 1. The van der Waals surface area contributed by atoms with E-state index in [0.717, 1.165) is 4.90 Å². The molecule has 7 amide bonds. The molecule has 0 aromatic heterocycles. The fourth-order valence-electron chi connectivity index (χ4n) is 6.98. The van der Waals surface area contributed by atoms with Crippen molar-refractivity contribution in [3.8, 4) is 0 Å². The number of nitrogens with one attached hydrogen (secondary N) is 2. The number of rotatable bonds is 22. The van der Waals surface area contributed by atoms with Gasteiger partial charge in [0.2, 0.25) is 29.5 Å². The Morgan fingerprint density at radius 2 is 1.59 bits per heavy atom. The van der Waals surface area contributed by atoms with Gasteiger partial charge >= 0.3 is 5.97 Å². The molecule has 304 valence electrons. The van der Waals surface area contributed by atoms with Crippen molar-refractivity contribution in [2.45, 2.75) is 109 Å². The number of carbonyl (C=O) groups is 8. The highest BCUT2D eigenvalue weighted by atomic mass is 16.5. The molecule has 54 heavy (non-hydrogen) atoms. The Balaban J connectivity index is 2.04. The normalized spacial score (nSPS) is 18.5. The van der Waals surface area contributed by atoms with Crippen LogP contribution in [0.15, 0.2) is 12.2 Å². The zero-order chi connectivity index (χ0) is 40.9. The first-order valence-electron chi connectivity index (χ1n) is 18.5. The van der Waals surface area contributed by atoms with Gasteiger partial charge in [-0.25, -0.2) is 0 Å². The lowest BCUT2D eigenvalue weighted by atomic mass is 9.90. The van der Waals surface area contributed by atoms with Crippen molar-refractivity contribution in [1.82, 2.24) is 30.2 Å². The van der Waals surface area contributed by atoms with Gasteiger partial charge in [0.1, 0.15) is 12.1 Å². The second-order valence-corrected chi connectivity index (χ2v) is 14.6. The Morgan fingerprint density at radius 1 is 0.963 bits per heavy atom. The average Bonchev–Trinajstić information content (AvgIpc) is 3.75. The van der Waals surface area contributed by atoms with Gasteiger partial charge in [-0.15, -0.1) is 0 Å². The number of nitrogens with zero attached hydrogens (tertiary/aromatic N) is 4. The van der Waals surface area contributed by atoms with Gasteiger partial charge in [0, 0.05) is 60.0 Å². The molecule has 6 unspecified atom stereocenters. The molecule has 2 rings (SSSR count). The van der Waals surface area contributed by atoms with E-state index in [1.54, 1.807) is 32.7 Å². The number of imide groups is 1. The maximum Gasteiger partial charge on any atom is 0.322 e. The summed E-state index contributed by atoms with van der Waals surface area (Å²) in [5, 5.41) is 14.0. The summed E-state index contributed by atoms with van der Waals surface area (Å²) in [5.74, 6) is -4.79. The summed E-state index contributed by atoms with van der Waals surface area (Å²) >= 11 is 0. The molecule has 6 atom stereocenters. The van der Waals surface area contributed by atoms with Crippen LogP contribution in [0.3, 0.4) is 0 Å². The second-order valence-electron chi connectivity index (χ2n) is 14.6. The van der Waals surface area contributed by atoms with Crippen LogP contribution < -0.4 is 10.6 Å². The number of methoxy groups -OCH3 is 2. The van der Waals surface area contributed by atoms with Crippen molar-refractivity contribution in [2.75, 3.05) is 54.5 Å². The van der Waals surface area contributed by atoms with Crippen molar-refractivity contribution in [3.63, 3.8) is 0 Å². The fraction of sp³-hybridized carbons (Fsp3) is 0.730. The molecule has 1 fully saturated rings. The lowest BCUT2D eigenvalue weighted by Gasteiger charge is -2.39. The minimum atomic E-state index is -1.31. The number of hydrogen-bond acceptors (Lipinski definition) is 10. The van der Waals surface area contributed by atoms with Crippen molar-refractivity contribution in [1.29, 1.82) is 0 Å². The maximum atomic E-state index is 13.9. The van der Waals surface area contributed by atoms with Gasteiger partial charge in [0.15, 0.2) is 0 Å². The lowest BCUT2D eigenvalue weighted by molar-refractivity contribution is -0.147. The molecule has 2 aliphatic heterocycles. The molecule has 2 heterocycles. The van der Waals surface area contributed by atoms with E-state index in [0.29, 0.717) is 38.6 Å². The van der Waals surface area contributed by atoms with E-state index < -0.39 is 66.0 Å². The van der Waals surface area contributed by atoms with Gasteiger partial charge in [-0.05, 0) is 45.4 Å². The smallest absolute Gasteiger partial charge is 0.322 e. The van der Waals surface area contributed by atoms with Crippen LogP contribution >= 0.6 is 0 Å². The number of carbonyl (C=O) groups excluding carboxylic acids is 7. The van der Waals surface area contributed by atoms with Crippen LogP contribution in [0.1, 0.15) is 79.6 Å². The number of likely N-dealkylation sites (N-methyl/N-ethyl adjacent to an activating group) is 2. The first-order chi connectivity index (χ1) is 25.3. The molecule has 0 aliphatic carbocycles. The monoisotopic (exact) mass is 764 g/mol. The molecule has 0 aromatic rings. The Morgan fingerprint density at radius 3 is 2.15 bits per heavy atom. The van der Waals surface area contributed by atoms with E-state index in [1.165, 1.54) is 43.2 Å². The van der Waals surface area contributed by atoms with Crippen molar-refractivity contribution < 1.29 is 52.9 Å². The van der Waals surface area contributed by atoms with Gasteiger partial charge in [-0.3, -0.25) is 43.3 Å². The average molecular weight is 765 g/mol. The van der Waals surface area contributed by atoms with Crippen molar-refractivity contribution in [3.05, 3.63) is 12.2 Å². The summed E-state index contributed by atoms with van der Waals surface area (Å²) in [5.41, 5.74) is -1.31. The van der Waals surface area contributed by atoms with Crippen molar-refractivity contribution in [2.24, 2.45) is 11.8 Å². The summed E-state index contributed by atoms with van der Waals surface area (Å²) in [6.07, 6.45) is 3.80. The first kappa shape index (κ1) is 45.8. The van der Waals surface area contributed by atoms with Crippen molar-refractivity contribution >= 4 is 47.3 Å². The number of carboxylic acid groups (broad SMARTS) is 1. The molecule has 3 N–H and O–H groups in total. The van der Waals surface area contributed by atoms with E-state index in [1.807, 2.05) is 13.8 Å². The third-order valence-corrected chi connectivity index (χ3v) is 10.8. The highest BCUT2D eigenvalue weighted by Crippen LogP contribution is 2.29. The largest absolute Gasteiger partial charge is 0.480 e. The number of carboxylic acids is 1. The number of aliphatic carboxylic acids is 1. The summed E-state index contributed by atoms with van der Waals surface area (Å²) in [6.45, 7) is 8.41. The molecule has 17 heteroatoms. The van der Waals surface area contributed by atoms with Crippen LogP contribution in [0.5, 0.6) is 0 Å². The number of hydrogen-bond donors (Lipinski definition) is 3. The zero-order valence-corrected chi connectivity index (χ0v) is 33.2. The minimum Gasteiger partial charge on any atom is -0.480 e. The van der Waals surface area contributed by atoms with E-state index in [-0.39, 0.29) is 55.5 Å². The topological polar surface area (TPSA) is 212 Å². The molecule has 0 aromatic carbocycles. The quantitative estimate of drug-likeness (QED) is 0.102. The Hall–Kier alpha value is -4.38. The number of ether oxygens (including phenoxy) is 2. The molecule has 0 saturated carbocycles. The standard InChI is InChI=1S/C37H60N6O11/c1-10-23(2)33(26(53-8)20-30(47)42-19-13-14-25(42)34(54-9)24(3)35(51)38-22-32(49)50)40(6)31(48)21-39-36(52)37(4,5)41(7)27(44)15-11-12-18-43-28(45)16-17-29(43)46/h16-17,23-26,33-34H,10-15,18-22H2,1-9H3,(H,38,51)(H,39,52)(H,49,50). The Bertz CT molecular complexity index is 1400. The van der Waals surface area contributed by atoms with Gasteiger partial charge in [-0.1, -0.05) is 27.2 Å². The second kappa shape index (κ2) is 20.9. The summed E-state index contributed by atoms with van der Waals surface area (Å²) < 4.78 is 11.5. The summed E-state index contributed by atoms with van der Waals surface area (Å²) in [7, 11) is 6.02. The molecule has 0 radical (unpaired) electrons. The maximum absolute atomic E-state index is 13.9. The highest BCUT2D eigenvalue weighted by Gasteiger charge is 2.42. The van der Waals surface area contributed by atoms with Gasteiger partial charge in [0.25, 0.3) is 11.8 Å². The fourth-order valence-corrected chi connectivity index (χ4v) is 6.98. The van der Waals surface area contributed by atoms with Crippen LogP contribution in [0.2, 0.25) is 0 Å². The van der Waals surface area contributed by atoms with Gasteiger partial charge in [0.05, 0.1) is 43.2 Å². The molecule has 0 spiro atoms. The van der Waals surface area contributed by atoms with Gasteiger partial charge in [-0.2, -0.15) is 0 Å². The molecular weight excluding hydrogens is 704 g/mol. The van der Waals surface area contributed by atoms with Crippen LogP contribution in [0, 0.1) is 11.8 Å². The van der Waals surface area contributed by atoms with E-state index in [2.05, 4.69) is 10.6 Å². The van der Waals surface area contributed by atoms with E-state index in [9.17, 15) is 38.4 Å². The summed E-state index contributed by atoms with van der Waals surface area (Å²) in [6, 6.07) is -0.980. The molecular formula is C37H60N6O11. The highest BCUT2D eigenvalue weighted by molar-refractivity contribution is 6.12. The first-order valence-corrected chi connectivity index (χ1v) is 18.5. The molecule has 1 saturated heterocycles. The number of likely N-dealkylation sites (tertiary alicyclic amines) is 1.